The molecule has 2 N–H and O–H groups in total. The third-order valence-electron chi connectivity index (χ3n) is 2.85. The molecule has 0 saturated heterocycles. The van der Waals surface area contributed by atoms with Crippen molar-refractivity contribution in [3.63, 3.8) is 0 Å². The van der Waals surface area contributed by atoms with Crippen molar-refractivity contribution in [2.45, 2.75) is 39.0 Å². The summed E-state index contributed by atoms with van der Waals surface area (Å²) in [6, 6.07) is 0. The Kier molecular flexibility index (Phi) is 6.90. The highest BCUT2D eigenvalue weighted by molar-refractivity contribution is 5.83. The third kappa shape index (κ3) is 4.79. The van der Waals surface area contributed by atoms with E-state index in [1.165, 1.54) is 25.1 Å². The van der Waals surface area contributed by atoms with Crippen LogP contribution in [0.1, 0.15) is 39.0 Å². The number of hydrogen-bond donors (Lipinski definition) is 1. The Balaban J connectivity index is 2.14. The first-order valence-corrected chi connectivity index (χ1v) is 6.51. The van der Waals surface area contributed by atoms with Gasteiger partial charge in [-0.1, -0.05) is 31.9 Å². The van der Waals surface area contributed by atoms with Gasteiger partial charge < -0.3 is 10.6 Å². The van der Waals surface area contributed by atoms with Crippen molar-refractivity contribution < 1.29 is 0 Å². The second-order valence-corrected chi connectivity index (χ2v) is 4.23. The number of aliphatic imine (C=N–C) groups is 1. The molecule has 1 heterocycles. The molecule has 0 bridgehead atoms. The second-order valence-electron chi connectivity index (χ2n) is 4.23. The van der Waals surface area contributed by atoms with Gasteiger partial charge in [0, 0.05) is 26.1 Å². The summed E-state index contributed by atoms with van der Waals surface area (Å²) in [6.07, 6.45) is 10.6. The molecule has 0 radical (unpaired) electrons. The molecule has 92 valence electrons. The van der Waals surface area contributed by atoms with Gasteiger partial charge in [-0.25, -0.2) is 0 Å². The Morgan fingerprint density at radius 1 is 1.38 bits per heavy atom. The van der Waals surface area contributed by atoms with Crippen molar-refractivity contribution in [1.82, 2.24) is 4.90 Å². The molecule has 0 amide bonds. The van der Waals surface area contributed by atoms with Gasteiger partial charge in [0.1, 0.15) is 0 Å². The molecule has 1 rings (SSSR count). The van der Waals surface area contributed by atoms with E-state index in [1.54, 1.807) is 0 Å². The van der Waals surface area contributed by atoms with Crippen LogP contribution in [0.25, 0.3) is 0 Å². The van der Waals surface area contributed by atoms with E-state index in [1.807, 2.05) is 0 Å². The SMILES string of the molecule is CCCC/C=C/CCC1=NCCN1CCN. The van der Waals surface area contributed by atoms with E-state index in [9.17, 15) is 0 Å². The molecular formula is C13H25N3. The minimum atomic E-state index is 0.728. The van der Waals surface area contributed by atoms with E-state index in [4.69, 9.17) is 5.73 Å². The zero-order valence-electron chi connectivity index (χ0n) is 10.5. The van der Waals surface area contributed by atoms with Gasteiger partial charge in [0.05, 0.1) is 12.4 Å². The maximum Gasteiger partial charge on any atom is 0.0993 e. The Bertz CT molecular complexity index is 233. The number of hydrogen-bond acceptors (Lipinski definition) is 3. The summed E-state index contributed by atoms with van der Waals surface area (Å²) in [5, 5.41) is 0. The molecule has 0 unspecified atom stereocenters. The first kappa shape index (κ1) is 13.2. The molecular weight excluding hydrogens is 198 g/mol. The normalized spacial score (nSPS) is 16.1. The van der Waals surface area contributed by atoms with Gasteiger partial charge in [-0.2, -0.15) is 0 Å². The van der Waals surface area contributed by atoms with Crippen LogP contribution in [0.15, 0.2) is 17.1 Å². The molecule has 0 fully saturated rings. The number of nitrogens with two attached hydrogens (primary N) is 1. The lowest BCUT2D eigenvalue weighted by Crippen LogP contribution is -2.32. The standard InChI is InChI=1S/C13H25N3/c1-2-3-4-5-6-7-8-13-15-10-12-16(13)11-9-14/h5-6H,2-4,7-12,14H2,1H3/b6-5+. The summed E-state index contributed by atoms with van der Waals surface area (Å²) >= 11 is 0. The highest BCUT2D eigenvalue weighted by atomic mass is 15.2. The number of amidine groups is 1. The molecule has 3 nitrogen and oxygen atoms in total. The van der Waals surface area contributed by atoms with Crippen LogP contribution in [-0.2, 0) is 0 Å². The van der Waals surface area contributed by atoms with Gasteiger partial charge >= 0.3 is 0 Å². The van der Waals surface area contributed by atoms with Crippen LogP contribution in [-0.4, -0.2) is 36.9 Å². The average Bonchev–Trinajstić information content (AvgIpc) is 2.72. The molecule has 0 spiro atoms. The van der Waals surface area contributed by atoms with E-state index in [0.717, 1.165) is 39.0 Å². The minimum Gasteiger partial charge on any atom is -0.357 e. The first-order valence-electron chi connectivity index (χ1n) is 6.51. The van der Waals surface area contributed by atoms with E-state index < -0.39 is 0 Å². The van der Waals surface area contributed by atoms with Gasteiger partial charge in [0.15, 0.2) is 0 Å². The predicted molar refractivity (Wildman–Crippen MR) is 70.8 cm³/mol. The molecule has 16 heavy (non-hydrogen) atoms. The third-order valence-corrected chi connectivity index (χ3v) is 2.85. The van der Waals surface area contributed by atoms with E-state index in [2.05, 4.69) is 29.0 Å². The van der Waals surface area contributed by atoms with Crippen LogP contribution >= 0.6 is 0 Å². The molecule has 0 aromatic rings. The molecule has 0 atom stereocenters. The highest BCUT2D eigenvalue weighted by Crippen LogP contribution is 2.07. The molecule has 0 aromatic carbocycles. The smallest absolute Gasteiger partial charge is 0.0993 e. The molecule has 0 aromatic heterocycles. The number of unbranched alkanes of at least 4 members (excludes halogenated alkanes) is 2. The molecule has 0 aliphatic carbocycles. The lowest BCUT2D eigenvalue weighted by atomic mass is 10.2. The highest BCUT2D eigenvalue weighted by Gasteiger charge is 2.14. The summed E-state index contributed by atoms with van der Waals surface area (Å²) < 4.78 is 0. The molecule has 3 heteroatoms. The quantitative estimate of drug-likeness (QED) is 0.506. The fraction of sp³-hybridized carbons (Fsp3) is 0.769. The fourth-order valence-corrected chi connectivity index (χ4v) is 1.93. The molecule has 1 aliphatic rings. The van der Waals surface area contributed by atoms with Crippen LogP contribution < -0.4 is 5.73 Å². The van der Waals surface area contributed by atoms with E-state index in [-0.39, 0.29) is 0 Å². The lowest BCUT2D eigenvalue weighted by Gasteiger charge is -2.18. The van der Waals surface area contributed by atoms with Crippen LogP contribution in [0.4, 0.5) is 0 Å². The first-order chi connectivity index (χ1) is 7.88. The second kappa shape index (κ2) is 8.34. The summed E-state index contributed by atoms with van der Waals surface area (Å²) in [4.78, 5) is 6.84. The van der Waals surface area contributed by atoms with Crippen molar-refractivity contribution in [1.29, 1.82) is 0 Å². The van der Waals surface area contributed by atoms with Gasteiger partial charge in [0.25, 0.3) is 0 Å². The van der Waals surface area contributed by atoms with Gasteiger partial charge in [0.2, 0.25) is 0 Å². The summed E-state index contributed by atoms with van der Waals surface area (Å²) in [6.45, 7) is 5.93. The van der Waals surface area contributed by atoms with Crippen molar-refractivity contribution in [2.24, 2.45) is 10.7 Å². The number of allylic oxidation sites excluding steroid dienone is 2. The molecule has 1 aliphatic heterocycles. The zero-order valence-corrected chi connectivity index (χ0v) is 10.5. The number of nitrogens with zero attached hydrogens (tertiary/aromatic N) is 2. The fourth-order valence-electron chi connectivity index (χ4n) is 1.93. The van der Waals surface area contributed by atoms with Crippen LogP contribution in [0.2, 0.25) is 0 Å². The lowest BCUT2D eigenvalue weighted by molar-refractivity contribution is 0.459. The van der Waals surface area contributed by atoms with Crippen molar-refractivity contribution in [3.8, 4) is 0 Å². The van der Waals surface area contributed by atoms with Crippen molar-refractivity contribution in [3.05, 3.63) is 12.2 Å². The average molecular weight is 223 g/mol. The van der Waals surface area contributed by atoms with E-state index in [0.29, 0.717) is 0 Å². The predicted octanol–water partition coefficient (Wildman–Crippen LogP) is 2.19. The maximum absolute atomic E-state index is 5.57. The zero-order chi connectivity index (χ0) is 11.6. The Morgan fingerprint density at radius 3 is 2.94 bits per heavy atom. The Hall–Kier alpha value is -0.830. The van der Waals surface area contributed by atoms with Crippen molar-refractivity contribution >= 4 is 5.84 Å². The summed E-state index contributed by atoms with van der Waals surface area (Å²) in [7, 11) is 0. The van der Waals surface area contributed by atoms with Gasteiger partial charge in [-0.15, -0.1) is 0 Å². The Labute approximate surface area is 99.4 Å². The summed E-state index contributed by atoms with van der Waals surface area (Å²) in [5.41, 5.74) is 5.57. The molecule has 0 saturated carbocycles. The monoisotopic (exact) mass is 223 g/mol. The van der Waals surface area contributed by atoms with Crippen molar-refractivity contribution in [2.75, 3.05) is 26.2 Å². The van der Waals surface area contributed by atoms with Crippen LogP contribution in [0, 0.1) is 0 Å². The van der Waals surface area contributed by atoms with Gasteiger partial charge in [-0.3, -0.25) is 4.99 Å². The van der Waals surface area contributed by atoms with Gasteiger partial charge in [-0.05, 0) is 12.8 Å². The Morgan fingerprint density at radius 2 is 2.19 bits per heavy atom. The number of rotatable bonds is 8. The minimum absolute atomic E-state index is 0.728. The van der Waals surface area contributed by atoms with Crippen LogP contribution in [0.3, 0.4) is 0 Å². The van der Waals surface area contributed by atoms with E-state index >= 15 is 0 Å². The largest absolute Gasteiger partial charge is 0.357 e. The topological polar surface area (TPSA) is 41.6 Å². The summed E-state index contributed by atoms with van der Waals surface area (Å²) in [5.74, 6) is 1.26. The van der Waals surface area contributed by atoms with Crippen LogP contribution in [0.5, 0.6) is 0 Å². The maximum atomic E-state index is 5.57.